The molecule has 0 radical (unpaired) electrons. The average Bonchev–Trinajstić information content (AvgIpc) is 2.51. The molecule has 1 aromatic carbocycles. The second kappa shape index (κ2) is 5.61. The number of rotatable bonds is 2. The van der Waals surface area contributed by atoms with Crippen LogP contribution in [0.5, 0.6) is 0 Å². The van der Waals surface area contributed by atoms with E-state index in [1.807, 2.05) is 30.0 Å². The van der Waals surface area contributed by atoms with Gasteiger partial charge in [-0.15, -0.1) is 0 Å². The summed E-state index contributed by atoms with van der Waals surface area (Å²) in [5.41, 5.74) is 2.01. The van der Waals surface area contributed by atoms with Gasteiger partial charge in [0, 0.05) is 29.7 Å². The number of carbonyl (C=O) groups is 2. The summed E-state index contributed by atoms with van der Waals surface area (Å²) in [5.74, 6) is -1.22. The first-order chi connectivity index (χ1) is 8.97. The van der Waals surface area contributed by atoms with E-state index in [0.29, 0.717) is 13.0 Å². The first-order valence-electron chi connectivity index (χ1n) is 6.00. The van der Waals surface area contributed by atoms with Gasteiger partial charge in [0.25, 0.3) is 0 Å². The summed E-state index contributed by atoms with van der Waals surface area (Å²) in [6.45, 7) is 2.78. The van der Waals surface area contributed by atoms with Gasteiger partial charge in [-0.25, -0.2) is 4.79 Å². The lowest BCUT2D eigenvalue weighted by molar-refractivity contribution is -0.141. The van der Waals surface area contributed by atoms with E-state index in [0.717, 1.165) is 15.7 Å². The molecule has 1 amide bonds. The van der Waals surface area contributed by atoms with Gasteiger partial charge in [-0.3, -0.25) is 4.79 Å². The molecule has 0 spiro atoms. The smallest absolute Gasteiger partial charge is 0.328 e. The van der Waals surface area contributed by atoms with E-state index in [9.17, 15) is 9.59 Å². The van der Waals surface area contributed by atoms with Crippen LogP contribution in [0.25, 0.3) is 0 Å². The molecule has 1 aliphatic rings. The number of nitrogens with zero attached hydrogens (tertiary/aromatic N) is 1. The third kappa shape index (κ3) is 3.26. The Morgan fingerprint density at radius 1 is 1.53 bits per heavy atom. The van der Waals surface area contributed by atoms with Crippen molar-refractivity contribution in [3.63, 3.8) is 0 Å². The van der Waals surface area contributed by atoms with Crippen molar-refractivity contribution >= 4 is 33.5 Å². The van der Waals surface area contributed by atoms with Gasteiger partial charge >= 0.3 is 5.97 Å². The van der Waals surface area contributed by atoms with Crippen molar-refractivity contribution in [3.8, 4) is 0 Å². The van der Waals surface area contributed by atoms with Crippen LogP contribution in [0, 0.1) is 6.92 Å². The number of aliphatic carboxylic acids is 1. The molecule has 1 heterocycles. The highest BCUT2D eigenvalue weighted by molar-refractivity contribution is 9.10. The predicted molar refractivity (Wildman–Crippen MR) is 75.3 cm³/mol. The molecule has 1 saturated heterocycles. The summed E-state index contributed by atoms with van der Waals surface area (Å²) in [6, 6.07) is 4.97. The highest BCUT2D eigenvalue weighted by Gasteiger charge is 2.27. The van der Waals surface area contributed by atoms with Crippen LogP contribution in [0.4, 0.5) is 5.69 Å². The number of anilines is 1. The number of carboxylic acids is 1. The standard InChI is InChI=1S/C13H15BrN2O3/c1-8-6-9(14)2-3-11(8)16-5-4-12(17)15-10(7-16)13(18)19/h2-3,6,10H,4-5,7H2,1H3,(H,15,17)(H,18,19). The molecule has 2 rings (SSSR count). The van der Waals surface area contributed by atoms with E-state index in [4.69, 9.17) is 5.11 Å². The van der Waals surface area contributed by atoms with Crippen LogP contribution in [0.2, 0.25) is 0 Å². The number of halogens is 1. The Hall–Kier alpha value is -1.56. The molecule has 0 aromatic heterocycles. The average molecular weight is 327 g/mol. The minimum atomic E-state index is -1.00. The topological polar surface area (TPSA) is 69.6 Å². The van der Waals surface area contributed by atoms with Crippen LogP contribution in [0.1, 0.15) is 12.0 Å². The third-order valence-corrected chi connectivity index (χ3v) is 3.64. The fourth-order valence-electron chi connectivity index (χ4n) is 2.19. The summed E-state index contributed by atoms with van der Waals surface area (Å²) in [6.07, 6.45) is 0.305. The second-order valence-corrected chi connectivity index (χ2v) is 5.50. The quantitative estimate of drug-likeness (QED) is 0.864. The SMILES string of the molecule is Cc1cc(Br)ccc1N1CCC(=O)NC(C(=O)O)C1. The Morgan fingerprint density at radius 2 is 2.26 bits per heavy atom. The zero-order valence-corrected chi connectivity index (χ0v) is 12.1. The number of benzene rings is 1. The summed E-state index contributed by atoms with van der Waals surface area (Å²) in [5, 5.41) is 11.6. The number of hydrogen-bond acceptors (Lipinski definition) is 3. The molecule has 1 aromatic rings. The van der Waals surface area contributed by atoms with E-state index < -0.39 is 12.0 Å². The zero-order chi connectivity index (χ0) is 14.0. The number of carbonyl (C=O) groups excluding carboxylic acids is 1. The highest BCUT2D eigenvalue weighted by Crippen LogP contribution is 2.25. The molecule has 0 aliphatic carbocycles. The van der Waals surface area contributed by atoms with Crippen LogP contribution in [0.15, 0.2) is 22.7 Å². The van der Waals surface area contributed by atoms with Gasteiger partial charge in [-0.1, -0.05) is 15.9 Å². The van der Waals surface area contributed by atoms with Crippen LogP contribution in [-0.2, 0) is 9.59 Å². The van der Waals surface area contributed by atoms with Gasteiger partial charge in [0.1, 0.15) is 6.04 Å². The number of amides is 1. The number of carboxylic acid groups (broad SMARTS) is 1. The summed E-state index contributed by atoms with van der Waals surface area (Å²) >= 11 is 3.40. The fraction of sp³-hybridized carbons (Fsp3) is 0.385. The van der Waals surface area contributed by atoms with E-state index in [1.165, 1.54) is 0 Å². The molecule has 0 bridgehead atoms. The molecule has 5 nitrogen and oxygen atoms in total. The van der Waals surface area contributed by atoms with Crippen molar-refractivity contribution in [3.05, 3.63) is 28.2 Å². The van der Waals surface area contributed by atoms with E-state index in [2.05, 4.69) is 21.2 Å². The molecule has 0 saturated carbocycles. The first-order valence-corrected chi connectivity index (χ1v) is 6.80. The fourth-order valence-corrected chi connectivity index (χ4v) is 2.67. The van der Waals surface area contributed by atoms with Crippen molar-refractivity contribution < 1.29 is 14.7 Å². The minimum absolute atomic E-state index is 0.218. The van der Waals surface area contributed by atoms with Crippen molar-refractivity contribution in [2.24, 2.45) is 0 Å². The van der Waals surface area contributed by atoms with Gasteiger partial charge in [-0.05, 0) is 30.7 Å². The zero-order valence-electron chi connectivity index (χ0n) is 10.5. The maximum absolute atomic E-state index is 11.5. The van der Waals surface area contributed by atoms with Crippen molar-refractivity contribution in [1.29, 1.82) is 0 Å². The molecular formula is C13H15BrN2O3. The second-order valence-electron chi connectivity index (χ2n) is 4.59. The molecule has 6 heteroatoms. The van der Waals surface area contributed by atoms with Crippen molar-refractivity contribution in [2.75, 3.05) is 18.0 Å². The Labute approximate surface area is 119 Å². The Bertz CT molecular complexity index is 519. The van der Waals surface area contributed by atoms with E-state index in [1.54, 1.807) is 0 Å². The van der Waals surface area contributed by atoms with E-state index >= 15 is 0 Å². The van der Waals surface area contributed by atoms with Gasteiger partial charge in [0.05, 0.1) is 0 Å². The number of nitrogens with one attached hydrogen (secondary N) is 1. The van der Waals surface area contributed by atoms with Gasteiger partial charge in [-0.2, -0.15) is 0 Å². The van der Waals surface area contributed by atoms with Crippen molar-refractivity contribution in [2.45, 2.75) is 19.4 Å². The molecule has 1 aliphatic heterocycles. The van der Waals surface area contributed by atoms with E-state index in [-0.39, 0.29) is 12.5 Å². The predicted octanol–water partition coefficient (Wildman–Crippen LogP) is 1.54. The van der Waals surface area contributed by atoms with Gasteiger partial charge in [0.2, 0.25) is 5.91 Å². The maximum atomic E-state index is 11.5. The number of aryl methyl sites for hydroxylation is 1. The van der Waals surface area contributed by atoms with Crippen LogP contribution < -0.4 is 10.2 Å². The minimum Gasteiger partial charge on any atom is -0.480 e. The third-order valence-electron chi connectivity index (χ3n) is 3.14. The van der Waals surface area contributed by atoms with Crippen LogP contribution in [-0.4, -0.2) is 36.1 Å². The lowest BCUT2D eigenvalue weighted by Gasteiger charge is -2.26. The number of hydrogen-bond donors (Lipinski definition) is 2. The first kappa shape index (κ1) is 13.9. The monoisotopic (exact) mass is 326 g/mol. The van der Waals surface area contributed by atoms with Crippen LogP contribution in [0.3, 0.4) is 0 Å². The van der Waals surface area contributed by atoms with Crippen LogP contribution >= 0.6 is 15.9 Å². The molecule has 2 N–H and O–H groups in total. The molecular weight excluding hydrogens is 312 g/mol. The lowest BCUT2D eigenvalue weighted by atomic mass is 10.1. The van der Waals surface area contributed by atoms with Crippen molar-refractivity contribution in [1.82, 2.24) is 5.32 Å². The lowest BCUT2D eigenvalue weighted by Crippen LogP contribution is -2.45. The summed E-state index contributed by atoms with van der Waals surface area (Å²) in [7, 11) is 0. The summed E-state index contributed by atoms with van der Waals surface area (Å²) in [4.78, 5) is 24.6. The highest BCUT2D eigenvalue weighted by atomic mass is 79.9. The molecule has 1 atom stereocenters. The molecule has 102 valence electrons. The molecule has 1 fully saturated rings. The largest absolute Gasteiger partial charge is 0.480 e. The Balaban J connectivity index is 2.27. The Morgan fingerprint density at radius 3 is 2.89 bits per heavy atom. The Kier molecular flexibility index (Phi) is 4.09. The van der Waals surface area contributed by atoms with Gasteiger partial charge < -0.3 is 15.3 Å². The molecule has 19 heavy (non-hydrogen) atoms. The summed E-state index contributed by atoms with van der Waals surface area (Å²) < 4.78 is 0.979. The maximum Gasteiger partial charge on any atom is 0.328 e. The van der Waals surface area contributed by atoms with Gasteiger partial charge in [0.15, 0.2) is 0 Å². The normalized spacial score (nSPS) is 19.8. The molecule has 1 unspecified atom stereocenters.